The van der Waals surface area contributed by atoms with Crippen LogP contribution in [0.1, 0.15) is 98.8 Å². The van der Waals surface area contributed by atoms with Gasteiger partial charge in [-0.25, -0.2) is 0 Å². The van der Waals surface area contributed by atoms with E-state index in [4.69, 9.17) is 28.4 Å². The number of ether oxygens (including phenoxy) is 6. The first-order chi connectivity index (χ1) is 19.5. The molecule has 0 spiro atoms. The van der Waals surface area contributed by atoms with E-state index in [2.05, 4.69) is 0 Å². The van der Waals surface area contributed by atoms with Gasteiger partial charge < -0.3 is 49.2 Å². The van der Waals surface area contributed by atoms with Crippen LogP contribution in [0.5, 0.6) is 0 Å². The summed E-state index contributed by atoms with van der Waals surface area (Å²) in [5, 5.41) is 57.8. The molecule has 1 heterocycles. The molecule has 0 aromatic heterocycles. The van der Waals surface area contributed by atoms with Crippen LogP contribution >= 0.6 is 0 Å². The molecule has 1 aliphatic heterocycles. The largest absolute Gasteiger partial charge is 0.423 e. The van der Waals surface area contributed by atoms with Gasteiger partial charge in [-0.3, -0.25) is 28.7 Å². The van der Waals surface area contributed by atoms with Crippen LogP contribution in [0.2, 0.25) is 0 Å². The van der Waals surface area contributed by atoms with Crippen LogP contribution in [0.25, 0.3) is 0 Å². The first-order valence-corrected chi connectivity index (χ1v) is 13.8. The van der Waals surface area contributed by atoms with Crippen molar-refractivity contribution in [3.8, 4) is 0 Å². The zero-order valence-electron chi connectivity index (χ0n) is 24.5. The maximum atomic E-state index is 12.8. The van der Waals surface area contributed by atoms with Crippen LogP contribution in [0.15, 0.2) is 0 Å². The third-order valence-electron chi connectivity index (χ3n) is 5.96. The second-order valence-electron chi connectivity index (χ2n) is 9.65. The van der Waals surface area contributed by atoms with Crippen molar-refractivity contribution in [3.63, 3.8) is 0 Å². The summed E-state index contributed by atoms with van der Waals surface area (Å²) in [7, 11) is 0. The van der Waals surface area contributed by atoms with Crippen LogP contribution in [-0.2, 0) is 52.4 Å². The summed E-state index contributed by atoms with van der Waals surface area (Å²) in [5.74, 6) is -27.8. The summed E-state index contributed by atoms with van der Waals surface area (Å²) in [6, 6.07) is 0. The lowest BCUT2D eigenvalue weighted by molar-refractivity contribution is -0.631. The van der Waals surface area contributed by atoms with Gasteiger partial charge in [0.15, 0.2) is 0 Å². The van der Waals surface area contributed by atoms with E-state index in [1.807, 2.05) is 0 Å². The van der Waals surface area contributed by atoms with Crippen molar-refractivity contribution in [2.45, 2.75) is 128 Å². The summed E-state index contributed by atoms with van der Waals surface area (Å²) in [6.45, 7) is 5.74. The van der Waals surface area contributed by atoms with Crippen molar-refractivity contribution in [1.82, 2.24) is 0 Å². The third-order valence-corrected chi connectivity index (χ3v) is 5.96. The van der Waals surface area contributed by atoms with Gasteiger partial charge >= 0.3 is 59.0 Å². The summed E-state index contributed by atoms with van der Waals surface area (Å²) in [6.07, 6.45) is -2.12. The van der Waals surface area contributed by atoms with E-state index in [-0.39, 0.29) is 32.1 Å². The number of aliphatic hydroxyl groups is 5. The lowest BCUT2D eigenvalue weighted by atomic mass is 9.83. The Labute approximate surface area is 242 Å². The molecule has 0 saturated carbocycles. The van der Waals surface area contributed by atoms with E-state index in [1.165, 1.54) is 34.6 Å². The zero-order chi connectivity index (χ0) is 32.4. The van der Waals surface area contributed by atoms with E-state index >= 15 is 0 Å². The van der Waals surface area contributed by atoms with Gasteiger partial charge in [-0.2, -0.15) is 0 Å². The summed E-state index contributed by atoms with van der Waals surface area (Å²) >= 11 is 0. The van der Waals surface area contributed by atoms with Crippen LogP contribution in [0.3, 0.4) is 0 Å². The highest BCUT2D eigenvalue weighted by Gasteiger charge is 2.92. The summed E-state index contributed by atoms with van der Waals surface area (Å²) in [4.78, 5) is 63.5. The van der Waals surface area contributed by atoms with Crippen molar-refractivity contribution in [2.75, 3.05) is 6.61 Å². The monoisotopic (exact) mass is 610 g/mol. The number of aliphatic hydroxyl groups excluding tert-OH is 1. The highest BCUT2D eigenvalue weighted by Crippen LogP contribution is 2.56. The van der Waals surface area contributed by atoms with Gasteiger partial charge in [0.25, 0.3) is 0 Å². The quantitative estimate of drug-likeness (QED) is 0.0886. The topological polar surface area (TPSA) is 242 Å². The van der Waals surface area contributed by atoms with E-state index in [1.54, 1.807) is 0 Å². The van der Waals surface area contributed by atoms with Crippen molar-refractivity contribution in [2.24, 2.45) is 0 Å². The molecule has 5 atom stereocenters. The molecule has 0 radical (unpaired) electrons. The number of hydrogen-bond acceptors (Lipinski definition) is 16. The van der Waals surface area contributed by atoms with Crippen molar-refractivity contribution in [1.29, 1.82) is 0 Å². The average molecular weight is 611 g/mol. The first kappa shape index (κ1) is 37.1. The van der Waals surface area contributed by atoms with E-state index in [9.17, 15) is 49.5 Å². The van der Waals surface area contributed by atoms with Crippen molar-refractivity contribution >= 4 is 29.8 Å². The van der Waals surface area contributed by atoms with Crippen molar-refractivity contribution in [3.05, 3.63) is 0 Å². The fourth-order valence-corrected chi connectivity index (χ4v) is 3.94. The molecule has 16 nitrogen and oxygen atoms in total. The second-order valence-corrected chi connectivity index (χ2v) is 9.65. The van der Waals surface area contributed by atoms with Crippen LogP contribution in [-0.4, -0.2) is 91.1 Å². The molecule has 0 unspecified atom stereocenters. The molecule has 1 aliphatic rings. The number of esters is 5. The molecule has 16 heteroatoms. The molecule has 0 aliphatic carbocycles. The average Bonchev–Trinajstić information content (AvgIpc) is 2.87. The molecular formula is C26H42O16. The Balaban J connectivity index is 4.28. The lowest BCUT2D eigenvalue weighted by Gasteiger charge is -2.60. The van der Waals surface area contributed by atoms with Crippen molar-refractivity contribution < 1.29 is 77.9 Å². The van der Waals surface area contributed by atoms with Gasteiger partial charge in [0.2, 0.25) is 0 Å². The van der Waals surface area contributed by atoms with E-state index in [0.29, 0.717) is 0 Å². The van der Waals surface area contributed by atoms with E-state index < -0.39 is 97.7 Å². The van der Waals surface area contributed by atoms with Gasteiger partial charge in [-0.1, -0.05) is 34.6 Å². The standard InChI is InChI=1S/C26H42O16/c1-6-11-17(28)37-22(16-27)23(33,38-18(29)12-7-2)24(34,39-19(30)13-8-3)25(35,40-20(31)14-9-4)26(36,42-22)41-21(32)15-10-5/h27,33-36H,6-16H2,1-5H3/t22-,23+,24-,25+,26-/m1/s1. The Kier molecular flexibility index (Phi) is 13.3. The molecule has 0 amide bonds. The highest BCUT2D eigenvalue weighted by molar-refractivity contribution is 5.74. The molecule has 242 valence electrons. The Morgan fingerprint density at radius 2 is 0.810 bits per heavy atom. The Hall–Kier alpha value is -2.89. The zero-order valence-corrected chi connectivity index (χ0v) is 24.5. The minimum Gasteiger partial charge on any atom is -0.423 e. The summed E-state index contributed by atoms with van der Waals surface area (Å²) < 4.78 is 30.0. The molecule has 0 aromatic carbocycles. The van der Waals surface area contributed by atoms with Gasteiger partial charge in [0, 0.05) is 32.1 Å². The molecule has 1 saturated heterocycles. The molecule has 1 rings (SSSR count). The predicted molar refractivity (Wildman–Crippen MR) is 136 cm³/mol. The minimum atomic E-state index is -4.41. The van der Waals surface area contributed by atoms with Gasteiger partial charge in [-0.05, 0) is 32.1 Å². The molecule has 0 bridgehead atoms. The normalized spacial score (nSPS) is 30.6. The third kappa shape index (κ3) is 7.18. The highest BCUT2D eigenvalue weighted by atomic mass is 17.0. The van der Waals surface area contributed by atoms with E-state index in [0.717, 1.165) is 0 Å². The van der Waals surface area contributed by atoms with Gasteiger partial charge in [0.05, 0.1) is 0 Å². The van der Waals surface area contributed by atoms with Gasteiger partial charge in [-0.15, -0.1) is 0 Å². The fourth-order valence-electron chi connectivity index (χ4n) is 3.94. The maximum Gasteiger partial charge on any atom is 0.407 e. The molecule has 0 aromatic rings. The number of carbonyl (C=O) groups is 5. The number of carbonyl (C=O) groups excluding carboxylic acids is 5. The fraction of sp³-hybridized carbons (Fsp3) is 0.808. The lowest BCUT2D eigenvalue weighted by Crippen LogP contribution is -2.91. The van der Waals surface area contributed by atoms with Crippen LogP contribution in [0, 0.1) is 0 Å². The molecular weight excluding hydrogens is 568 g/mol. The molecule has 42 heavy (non-hydrogen) atoms. The first-order valence-electron chi connectivity index (χ1n) is 13.8. The van der Waals surface area contributed by atoms with Crippen LogP contribution in [0.4, 0.5) is 0 Å². The summed E-state index contributed by atoms with van der Waals surface area (Å²) in [5.41, 5.74) is 0. The predicted octanol–water partition coefficient (Wildman–Crippen LogP) is 0.134. The SMILES string of the molecule is CCCC(=O)O[C@@]1(O)O[C@@](CO)(OC(=O)CCC)[C@](O)(OC(=O)CCC)[C@@](O)(OC(=O)CCC)[C@]1(O)OC(=O)CCC. The smallest absolute Gasteiger partial charge is 0.407 e. The van der Waals surface area contributed by atoms with Gasteiger partial charge in [0.1, 0.15) is 6.61 Å². The maximum absolute atomic E-state index is 12.8. The van der Waals surface area contributed by atoms with Crippen LogP contribution < -0.4 is 0 Å². The Bertz CT molecular complexity index is 985. The molecule has 5 N–H and O–H groups in total. The second kappa shape index (κ2) is 15.0. The number of rotatable bonds is 16. The Morgan fingerprint density at radius 1 is 0.500 bits per heavy atom. The molecule has 1 fully saturated rings. The minimum absolute atomic E-state index is 0.0416. The Morgan fingerprint density at radius 3 is 1.17 bits per heavy atom. The number of hydrogen-bond donors (Lipinski definition) is 5.